The van der Waals surface area contributed by atoms with E-state index >= 15 is 0 Å². The highest BCUT2D eigenvalue weighted by molar-refractivity contribution is 5.76. The molecule has 4 heteroatoms. The molecular formula is C14H21NO3. The minimum absolute atomic E-state index is 0.0227. The summed E-state index contributed by atoms with van der Waals surface area (Å²) in [4.78, 5) is 13.6. The van der Waals surface area contributed by atoms with E-state index in [1.165, 1.54) is 0 Å². The van der Waals surface area contributed by atoms with Crippen LogP contribution in [0.15, 0.2) is 24.3 Å². The molecule has 4 nitrogen and oxygen atoms in total. The first-order valence-electron chi connectivity index (χ1n) is 5.99. The smallest absolute Gasteiger partial charge is 0.225 e. The number of hydrogen-bond acceptors (Lipinski definition) is 3. The molecule has 0 heterocycles. The third kappa shape index (κ3) is 3.47. The summed E-state index contributed by atoms with van der Waals surface area (Å²) in [7, 11) is 5.03. The number of hydrogen-bond donors (Lipinski definition) is 0. The number of rotatable bonds is 6. The molecule has 0 bridgehead atoms. The molecule has 18 heavy (non-hydrogen) atoms. The molecule has 0 aliphatic heterocycles. The quantitative estimate of drug-likeness (QED) is 0.778. The van der Waals surface area contributed by atoms with Crippen LogP contribution in [0.25, 0.3) is 0 Å². The maximum absolute atomic E-state index is 11.9. The van der Waals surface area contributed by atoms with Gasteiger partial charge in [-0.2, -0.15) is 0 Å². The summed E-state index contributed by atoms with van der Waals surface area (Å²) in [5, 5.41) is 0. The van der Waals surface area contributed by atoms with Gasteiger partial charge in [0, 0.05) is 19.7 Å². The van der Waals surface area contributed by atoms with Crippen LogP contribution in [-0.2, 0) is 9.53 Å². The van der Waals surface area contributed by atoms with E-state index in [1.54, 1.807) is 26.2 Å². The molecule has 100 valence electrons. The molecule has 0 radical (unpaired) electrons. The Labute approximate surface area is 108 Å². The highest BCUT2D eigenvalue weighted by atomic mass is 16.5. The lowest BCUT2D eigenvalue weighted by atomic mass is 10.1. The average molecular weight is 251 g/mol. The van der Waals surface area contributed by atoms with Crippen LogP contribution in [0, 0.1) is 0 Å². The van der Waals surface area contributed by atoms with Crippen molar-refractivity contribution in [1.82, 2.24) is 4.90 Å². The second-order valence-electron chi connectivity index (χ2n) is 4.17. The van der Waals surface area contributed by atoms with Crippen molar-refractivity contribution < 1.29 is 14.3 Å². The first kappa shape index (κ1) is 14.5. The van der Waals surface area contributed by atoms with Gasteiger partial charge in [0.2, 0.25) is 5.91 Å². The first-order valence-corrected chi connectivity index (χ1v) is 5.99. The zero-order valence-corrected chi connectivity index (χ0v) is 11.5. The van der Waals surface area contributed by atoms with Crippen LogP contribution in [-0.4, -0.2) is 38.7 Å². The van der Waals surface area contributed by atoms with Crippen LogP contribution in [0.2, 0.25) is 0 Å². The number of carbonyl (C=O) groups is 1. The van der Waals surface area contributed by atoms with Crippen LogP contribution in [0.3, 0.4) is 0 Å². The first-order chi connectivity index (χ1) is 8.61. The summed E-state index contributed by atoms with van der Waals surface area (Å²) in [6.07, 6.45) is 0.395. The Balaban J connectivity index is 2.79. The Morgan fingerprint density at radius 3 is 2.61 bits per heavy atom. The lowest BCUT2D eigenvalue weighted by molar-refractivity contribution is -0.132. The van der Waals surface area contributed by atoms with Crippen molar-refractivity contribution in [1.29, 1.82) is 0 Å². The minimum Gasteiger partial charge on any atom is -0.496 e. The van der Waals surface area contributed by atoms with Gasteiger partial charge in [-0.15, -0.1) is 0 Å². The lowest BCUT2D eigenvalue weighted by Crippen LogP contribution is -2.30. The van der Waals surface area contributed by atoms with Gasteiger partial charge in [0.1, 0.15) is 5.75 Å². The topological polar surface area (TPSA) is 38.8 Å². The van der Waals surface area contributed by atoms with E-state index in [1.807, 2.05) is 31.2 Å². The molecule has 0 aliphatic carbocycles. The second kappa shape index (κ2) is 7.01. The lowest BCUT2D eigenvalue weighted by Gasteiger charge is -2.26. The normalized spacial score (nSPS) is 12.0. The summed E-state index contributed by atoms with van der Waals surface area (Å²) < 4.78 is 10.2. The van der Waals surface area contributed by atoms with Crippen molar-refractivity contribution >= 4 is 5.91 Å². The highest BCUT2D eigenvalue weighted by Gasteiger charge is 2.19. The second-order valence-corrected chi connectivity index (χ2v) is 4.17. The summed E-state index contributed by atoms with van der Waals surface area (Å²) >= 11 is 0. The van der Waals surface area contributed by atoms with Crippen LogP contribution >= 0.6 is 0 Å². The van der Waals surface area contributed by atoms with Crippen LogP contribution in [0.5, 0.6) is 5.75 Å². The monoisotopic (exact) mass is 251 g/mol. The van der Waals surface area contributed by atoms with E-state index in [0.717, 1.165) is 11.3 Å². The number of para-hydroxylation sites is 1. The van der Waals surface area contributed by atoms with Gasteiger partial charge in [-0.05, 0) is 13.0 Å². The van der Waals surface area contributed by atoms with Gasteiger partial charge in [-0.3, -0.25) is 4.79 Å². The molecule has 0 aliphatic rings. The molecule has 0 unspecified atom stereocenters. The number of carbonyl (C=O) groups excluding carboxylic acids is 1. The van der Waals surface area contributed by atoms with Crippen molar-refractivity contribution in [3.05, 3.63) is 29.8 Å². The molecule has 0 fully saturated rings. The SMILES string of the molecule is COCCC(=O)N(C)[C@@H](C)c1ccccc1OC. The zero-order chi connectivity index (χ0) is 13.5. The third-order valence-corrected chi connectivity index (χ3v) is 3.08. The van der Waals surface area contributed by atoms with Gasteiger partial charge in [-0.1, -0.05) is 18.2 Å². The summed E-state index contributed by atoms with van der Waals surface area (Å²) in [5.41, 5.74) is 1.01. The molecule has 1 aromatic rings. The zero-order valence-electron chi connectivity index (χ0n) is 11.5. The molecule has 0 saturated heterocycles. The van der Waals surface area contributed by atoms with E-state index in [0.29, 0.717) is 13.0 Å². The Kier molecular flexibility index (Phi) is 5.65. The highest BCUT2D eigenvalue weighted by Crippen LogP contribution is 2.28. The number of ether oxygens (including phenoxy) is 2. The minimum atomic E-state index is -0.0227. The molecule has 1 aromatic carbocycles. The summed E-state index contributed by atoms with van der Waals surface area (Å²) in [5.74, 6) is 0.867. The fraction of sp³-hybridized carbons (Fsp3) is 0.500. The van der Waals surface area contributed by atoms with E-state index in [9.17, 15) is 4.79 Å². The maximum Gasteiger partial charge on any atom is 0.225 e. The largest absolute Gasteiger partial charge is 0.496 e. The number of nitrogens with zero attached hydrogens (tertiary/aromatic N) is 1. The summed E-state index contributed by atoms with van der Waals surface area (Å²) in [6.45, 7) is 2.43. The van der Waals surface area contributed by atoms with E-state index < -0.39 is 0 Å². The number of benzene rings is 1. The fourth-order valence-electron chi connectivity index (χ4n) is 1.80. The van der Waals surface area contributed by atoms with Gasteiger partial charge in [0.15, 0.2) is 0 Å². The Hall–Kier alpha value is -1.55. The van der Waals surface area contributed by atoms with E-state index in [4.69, 9.17) is 9.47 Å². The third-order valence-electron chi connectivity index (χ3n) is 3.08. The van der Waals surface area contributed by atoms with Gasteiger partial charge in [0.05, 0.1) is 26.2 Å². The molecule has 0 saturated carbocycles. The van der Waals surface area contributed by atoms with Crippen molar-refractivity contribution in [2.75, 3.05) is 27.9 Å². The molecule has 0 aromatic heterocycles. The van der Waals surface area contributed by atoms with Gasteiger partial charge in [-0.25, -0.2) is 0 Å². The molecule has 1 amide bonds. The van der Waals surface area contributed by atoms with Crippen LogP contribution in [0.1, 0.15) is 24.9 Å². The van der Waals surface area contributed by atoms with Crippen LogP contribution < -0.4 is 4.74 Å². The van der Waals surface area contributed by atoms with Gasteiger partial charge >= 0.3 is 0 Å². The fourth-order valence-corrected chi connectivity index (χ4v) is 1.80. The van der Waals surface area contributed by atoms with E-state index in [-0.39, 0.29) is 11.9 Å². The predicted molar refractivity (Wildman–Crippen MR) is 70.7 cm³/mol. The molecule has 0 N–H and O–H groups in total. The Morgan fingerprint density at radius 2 is 2.00 bits per heavy atom. The van der Waals surface area contributed by atoms with Gasteiger partial charge in [0.25, 0.3) is 0 Å². The Morgan fingerprint density at radius 1 is 1.33 bits per heavy atom. The number of amides is 1. The van der Waals surface area contributed by atoms with Crippen molar-refractivity contribution in [2.24, 2.45) is 0 Å². The molecule has 1 rings (SSSR count). The van der Waals surface area contributed by atoms with Crippen LogP contribution in [0.4, 0.5) is 0 Å². The average Bonchev–Trinajstić information content (AvgIpc) is 2.42. The number of methoxy groups -OCH3 is 2. The van der Waals surface area contributed by atoms with Gasteiger partial charge < -0.3 is 14.4 Å². The Bertz CT molecular complexity index is 392. The van der Waals surface area contributed by atoms with E-state index in [2.05, 4.69) is 0 Å². The van der Waals surface area contributed by atoms with Crippen molar-refractivity contribution in [2.45, 2.75) is 19.4 Å². The standard InChI is InChI=1S/C14H21NO3/c1-11(15(2)14(16)9-10-17-3)12-7-5-6-8-13(12)18-4/h5-8,11H,9-10H2,1-4H3/t11-/m0/s1. The summed E-state index contributed by atoms with van der Waals surface area (Å²) in [6, 6.07) is 7.72. The molecule has 1 atom stereocenters. The molecular weight excluding hydrogens is 230 g/mol. The maximum atomic E-state index is 11.9. The molecule has 0 spiro atoms. The van der Waals surface area contributed by atoms with Crippen molar-refractivity contribution in [3.63, 3.8) is 0 Å². The van der Waals surface area contributed by atoms with Crippen molar-refractivity contribution in [3.8, 4) is 5.75 Å². The predicted octanol–water partition coefficient (Wildman–Crippen LogP) is 2.25.